The highest BCUT2D eigenvalue weighted by atomic mass is 16.5. The maximum atomic E-state index is 12.1. The van der Waals surface area contributed by atoms with Gasteiger partial charge in [-0.25, -0.2) is 0 Å². The van der Waals surface area contributed by atoms with E-state index in [9.17, 15) is 9.59 Å². The Balaban J connectivity index is 1.84. The fraction of sp³-hybridized carbons (Fsp3) is 0.500. The van der Waals surface area contributed by atoms with Gasteiger partial charge in [-0.2, -0.15) is 0 Å². The summed E-state index contributed by atoms with van der Waals surface area (Å²) in [6.45, 7) is 1.23. The second-order valence-corrected chi connectivity index (χ2v) is 4.68. The molecule has 0 aromatic carbocycles. The first-order chi connectivity index (χ1) is 9.20. The van der Waals surface area contributed by atoms with E-state index in [0.717, 1.165) is 5.69 Å². The topological polar surface area (TPSA) is 59.5 Å². The van der Waals surface area contributed by atoms with Crippen molar-refractivity contribution in [3.63, 3.8) is 0 Å². The fourth-order valence-electron chi connectivity index (χ4n) is 2.30. The van der Waals surface area contributed by atoms with Crippen molar-refractivity contribution in [1.82, 2.24) is 9.88 Å². The van der Waals surface area contributed by atoms with Gasteiger partial charge in [0.1, 0.15) is 0 Å². The minimum absolute atomic E-state index is 0.0658. The van der Waals surface area contributed by atoms with Gasteiger partial charge in [-0.05, 0) is 25.0 Å². The Kier molecular flexibility index (Phi) is 4.49. The molecular formula is C14H18N2O3. The van der Waals surface area contributed by atoms with Crippen molar-refractivity contribution in [2.75, 3.05) is 20.2 Å². The lowest BCUT2D eigenvalue weighted by Crippen LogP contribution is -2.41. The molecule has 5 heteroatoms. The van der Waals surface area contributed by atoms with Gasteiger partial charge >= 0.3 is 5.97 Å². The Labute approximate surface area is 112 Å². The van der Waals surface area contributed by atoms with E-state index < -0.39 is 0 Å². The van der Waals surface area contributed by atoms with Crippen LogP contribution in [0.25, 0.3) is 0 Å². The van der Waals surface area contributed by atoms with Crippen LogP contribution in [0, 0.1) is 5.92 Å². The highest BCUT2D eigenvalue weighted by Gasteiger charge is 2.27. The number of piperidine rings is 1. The summed E-state index contributed by atoms with van der Waals surface area (Å²) in [5.41, 5.74) is 0.780. The number of hydrogen-bond donors (Lipinski definition) is 0. The number of ether oxygens (including phenoxy) is 1. The number of carbonyl (C=O) groups is 2. The van der Waals surface area contributed by atoms with Crippen LogP contribution < -0.4 is 0 Å². The molecule has 0 atom stereocenters. The minimum Gasteiger partial charge on any atom is -0.469 e. The molecular weight excluding hydrogens is 244 g/mol. The van der Waals surface area contributed by atoms with E-state index in [-0.39, 0.29) is 17.8 Å². The predicted octanol–water partition coefficient (Wildman–Crippen LogP) is 1.04. The van der Waals surface area contributed by atoms with Crippen molar-refractivity contribution in [2.45, 2.75) is 19.3 Å². The summed E-state index contributed by atoms with van der Waals surface area (Å²) in [7, 11) is 1.40. The highest BCUT2D eigenvalue weighted by molar-refractivity contribution is 5.79. The molecule has 0 spiro atoms. The first-order valence-corrected chi connectivity index (χ1v) is 6.46. The lowest BCUT2D eigenvalue weighted by Gasteiger charge is -2.30. The van der Waals surface area contributed by atoms with Crippen LogP contribution in [0.4, 0.5) is 0 Å². The first-order valence-electron chi connectivity index (χ1n) is 6.46. The van der Waals surface area contributed by atoms with Gasteiger partial charge in [0, 0.05) is 25.0 Å². The van der Waals surface area contributed by atoms with Crippen molar-refractivity contribution in [2.24, 2.45) is 5.92 Å². The number of amides is 1. The van der Waals surface area contributed by atoms with Crippen LogP contribution >= 0.6 is 0 Å². The number of nitrogens with zero attached hydrogens (tertiary/aromatic N) is 2. The third kappa shape index (κ3) is 3.53. The smallest absolute Gasteiger partial charge is 0.308 e. The quantitative estimate of drug-likeness (QED) is 0.764. The Hall–Kier alpha value is -1.91. The van der Waals surface area contributed by atoms with E-state index in [4.69, 9.17) is 4.74 Å². The maximum Gasteiger partial charge on any atom is 0.308 e. The molecule has 102 valence electrons. The van der Waals surface area contributed by atoms with Gasteiger partial charge in [0.25, 0.3) is 0 Å². The molecule has 0 radical (unpaired) electrons. The number of aromatic nitrogens is 1. The summed E-state index contributed by atoms with van der Waals surface area (Å²) in [5.74, 6) is -0.164. The molecule has 0 N–H and O–H groups in total. The van der Waals surface area contributed by atoms with E-state index in [2.05, 4.69) is 4.98 Å². The van der Waals surface area contributed by atoms with Crippen molar-refractivity contribution in [3.05, 3.63) is 30.1 Å². The molecule has 19 heavy (non-hydrogen) atoms. The summed E-state index contributed by atoms with van der Waals surface area (Å²) >= 11 is 0. The van der Waals surface area contributed by atoms with Crippen molar-refractivity contribution >= 4 is 11.9 Å². The standard InChI is InChI=1S/C14H18N2O3/c1-19-14(18)11-5-8-16(9-6-11)13(17)10-12-4-2-3-7-15-12/h2-4,7,11H,5-6,8-10H2,1H3. The number of esters is 1. The fourth-order valence-corrected chi connectivity index (χ4v) is 2.30. The molecule has 1 amide bonds. The average Bonchev–Trinajstić information content (AvgIpc) is 2.47. The summed E-state index contributed by atoms with van der Waals surface area (Å²) in [6, 6.07) is 5.55. The highest BCUT2D eigenvalue weighted by Crippen LogP contribution is 2.19. The summed E-state index contributed by atoms with van der Waals surface area (Å²) < 4.78 is 4.73. The van der Waals surface area contributed by atoms with E-state index >= 15 is 0 Å². The molecule has 0 unspecified atom stereocenters. The van der Waals surface area contributed by atoms with Crippen LogP contribution in [-0.4, -0.2) is 42.0 Å². The van der Waals surface area contributed by atoms with Gasteiger partial charge in [-0.15, -0.1) is 0 Å². The zero-order valence-corrected chi connectivity index (χ0v) is 11.0. The molecule has 0 saturated carbocycles. The molecule has 0 aliphatic carbocycles. The van der Waals surface area contributed by atoms with E-state index in [1.165, 1.54) is 7.11 Å². The van der Waals surface area contributed by atoms with Crippen LogP contribution in [0.15, 0.2) is 24.4 Å². The maximum absolute atomic E-state index is 12.1. The van der Waals surface area contributed by atoms with Crippen LogP contribution in [0.5, 0.6) is 0 Å². The second kappa shape index (κ2) is 6.31. The van der Waals surface area contributed by atoms with Gasteiger partial charge in [0.15, 0.2) is 0 Å². The number of likely N-dealkylation sites (tertiary alicyclic amines) is 1. The number of methoxy groups -OCH3 is 1. The Bertz CT molecular complexity index is 439. The third-order valence-electron chi connectivity index (χ3n) is 3.44. The zero-order valence-electron chi connectivity index (χ0n) is 11.0. The molecule has 1 aromatic heterocycles. The molecule has 2 rings (SSSR count). The van der Waals surface area contributed by atoms with E-state index in [1.54, 1.807) is 11.1 Å². The Morgan fingerprint density at radius 3 is 2.68 bits per heavy atom. The Morgan fingerprint density at radius 2 is 2.11 bits per heavy atom. The summed E-state index contributed by atoms with van der Waals surface area (Å²) in [6.07, 6.45) is 3.37. The SMILES string of the molecule is COC(=O)C1CCN(C(=O)Cc2ccccn2)CC1. The molecule has 1 fully saturated rings. The van der Waals surface area contributed by atoms with Crippen LogP contribution in [0.2, 0.25) is 0 Å². The minimum atomic E-state index is -0.170. The zero-order chi connectivity index (χ0) is 13.7. The van der Waals surface area contributed by atoms with Gasteiger partial charge < -0.3 is 9.64 Å². The van der Waals surface area contributed by atoms with Crippen LogP contribution in [0.3, 0.4) is 0 Å². The number of hydrogen-bond acceptors (Lipinski definition) is 4. The number of carbonyl (C=O) groups excluding carboxylic acids is 2. The molecule has 2 heterocycles. The first kappa shape index (κ1) is 13.5. The lowest BCUT2D eigenvalue weighted by atomic mass is 9.97. The monoisotopic (exact) mass is 262 g/mol. The van der Waals surface area contributed by atoms with Crippen LogP contribution in [-0.2, 0) is 20.7 Å². The lowest BCUT2D eigenvalue weighted by molar-refractivity contribution is -0.148. The molecule has 1 aliphatic heterocycles. The molecule has 1 saturated heterocycles. The Morgan fingerprint density at radius 1 is 1.37 bits per heavy atom. The van der Waals surface area contributed by atoms with Gasteiger partial charge in [-0.1, -0.05) is 6.07 Å². The van der Waals surface area contributed by atoms with Crippen LogP contribution in [0.1, 0.15) is 18.5 Å². The van der Waals surface area contributed by atoms with E-state index in [0.29, 0.717) is 32.4 Å². The summed E-state index contributed by atoms with van der Waals surface area (Å²) in [4.78, 5) is 29.4. The second-order valence-electron chi connectivity index (χ2n) is 4.68. The van der Waals surface area contributed by atoms with Crippen molar-refractivity contribution < 1.29 is 14.3 Å². The number of rotatable bonds is 3. The molecule has 5 nitrogen and oxygen atoms in total. The van der Waals surface area contributed by atoms with Gasteiger partial charge in [0.05, 0.1) is 19.4 Å². The van der Waals surface area contributed by atoms with Crippen molar-refractivity contribution in [1.29, 1.82) is 0 Å². The summed E-state index contributed by atoms with van der Waals surface area (Å²) in [5, 5.41) is 0. The van der Waals surface area contributed by atoms with Gasteiger partial charge in [-0.3, -0.25) is 14.6 Å². The van der Waals surface area contributed by atoms with E-state index in [1.807, 2.05) is 18.2 Å². The predicted molar refractivity (Wildman–Crippen MR) is 69.3 cm³/mol. The molecule has 1 aliphatic rings. The molecule has 1 aromatic rings. The average molecular weight is 262 g/mol. The van der Waals surface area contributed by atoms with Gasteiger partial charge in [0.2, 0.25) is 5.91 Å². The molecule has 0 bridgehead atoms. The van der Waals surface area contributed by atoms with Crippen molar-refractivity contribution in [3.8, 4) is 0 Å². The normalized spacial score (nSPS) is 16.2. The third-order valence-corrected chi connectivity index (χ3v) is 3.44. The largest absolute Gasteiger partial charge is 0.469 e. The number of pyridine rings is 1.